The van der Waals surface area contributed by atoms with Crippen LogP contribution < -0.4 is 20.3 Å². The molecule has 1 amide bonds. The third kappa shape index (κ3) is 7.23. The minimum atomic E-state index is 0. The molecule has 10 heteroatoms. The fourth-order valence-electron chi connectivity index (χ4n) is 3.30. The first-order valence-corrected chi connectivity index (χ1v) is 10.1. The summed E-state index contributed by atoms with van der Waals surface area (Å²) in [6.07, 6.45) is 3.89. The van der Waals surface area contributed by atoms with Crippen molar-refractivity contribution >= 4 is 41.8 Å². The van der Waals surface area contributed by atoms with Gasteiger partial charge < -0.3 is 25.2 Å². The molecule has 2 aromatic rings. The fourth-order valence-corrected chi connectivity index (χ4v) is 3.30. The van der Waals surface area contributed by atoms with Gasteiger partial charge in [-0.1, -0.05) is 18.2 Å². The lowest BCUT2D eigenvalue weighted by Gasteiger charge is -2.34. The van der Waals surface area contributed by atoms with E-state index in [4.69, 9.17) is 4.74 Å². The summed E-state index contributed by atoms with van der Waals surface area (Å²) in [7, 11) is 3.37. The topological polar surface area (TPSA) is 95.0 Å². The Morgan fingerprint density at radius 2 is 1.81 bits per heavy atom. The lowest BCUT2D eigenvalue weighted by Crippen LogP contribution is -2.50. The van der Waals surface area contributed by atoms with Gasteiger partial charge in [0.2, 0.25) is 11.9 Å². The average Bonchev–Trinajstić information content (AvgIpc) is 2.82. The van der Waals surface area contributed by atoms with Crippen molar-refractivity contribution in [3.63, 3.8) is 0 Å². The number of hydrogen-bond acceptors (Lipinski definition) is 6. The van der Waals surface area contributed by atoms with E-state index in [0.717, 1.165) is 30.4 Å². The lowest BCUT2D eigenvalue weighted by molar-refractivity contribution is -0.131. The molecular weight excluding hydrogens is 509 g/mol. The standard InChI is InChI=1S/C21H29N7O2.HI/c1-22-20(26-16-17-6-3-4-7-18(17)30-2)23-11-8-19(29)27-12-14-28(15-13-27)21-24-9-5-10-25-21;/h3-7,9-10H,8,11-16H2,1-2H3,(H2,22,23,26);1H. The van der Waals surface area contributed by atoms with Gasteiger partial charge in [-0.2, -0.15) is 0 Å². The zero-order chi connectivity index (χ0) is 21.2. The van der Waals surface area contributed by atoms with Crippen molar-refractivity contribution in [1.82, 2.24) is 25.5 Å². The van der Waals surface area contributed by atoms with Crippen LogP contribution >= 0.6 is 24.0 Å². The molecule has 1 saturated heterocycles. The Balaban J connectivity index is 0.00000341. The highest BCUT2D eigenvalue weighted by atomic mass is 127. The zero-order valence-electron chi connectivity index (χ0n) is 18.0. The summed E-state index contributed by atoms with van der Waals surface area (Å²) < 4.78 is 5.37. The Morgan fingerprint density at radius 3 is 2.48 bits per heavy atom. The molecule has 168 valence electrons. The fraction of sp³-hybridized carbons (Fsp3) is 0.429. The number of carbonyl (C=O) groups excluding carboxylic acids is 1. The monoisotopic (exact) mass is 539 g/mol. The number of hydrogen-bond donors (Lipinski definition) is 2. The quantitative estimate of drug-likeness (QED) is 0.313. The summed E-state index contributed by atoms with van der Waals surface area (Å²) in [6, 6.07) is 9.64. The van der Waals surface area contributed by atoms with Crippen LogP contribution in [-0.4, -0.2) is 73.6 Å². The minimum absolute atomic E-state index is 0. The number of ether oxygens (including phenoxy) is 1. The third-order valence-corrected chi connectivity index (χ3v) is 4.96. The number of benzene rings is 1. The van der Waals surface area contributed by atoms with E-state index in [1.54, 1.807) is 32.6 Å². The number of rotatable bonds is 7. The molecule has 1 aromatic heterocycles. The minimum Gasteiger partial charge on any atom is -0.496 e. The summed E-state index contributed by atoms with van der Waals surface area (Å²) >= 11 is 0. The maximum atomic E-state index is 12.5. The van der Waals surface area contributed by atoms with Crippen LogP contribution in [0.5, 0.6) is 5.75 Å². The molecule has 0 atom stereocenters. The van der Waals surface area contributed by atoms with E-state index in [0.29, 0.717) is 38.6 Å². The molecule has 1 aliphatic rings. The molecule has 0 unspecified atom stereocenters. The maximum Gasteiger partial charge on any atom is 0.225 e. The van der Waals surface area contributed by atoms with Gasteiger partial charge in [0.25, 0.3) is 0 Å². The van der Waals surface area contributed by atoms with Gasteiger partial charge in [0.15, 0.2) is 5.96 Å². The molecule has 2 N–H and O–H groups in total. The lowest BCUT2D eigenvalue weighted by atomic mass is 10.2. The first-order valence-electron chi connectivity index (χ1n) is 10.1. The summed E-state index contributed by atoms with van der Waals surface area (Å²) in [5, 5.41) is 6.45. The predicted octanol–water partition coefficient (Wildman–Crippen LogP) is 1.51. The van der Waals surface area contributed by atoms with Gasteiger partial charge >= 0.3 is 0 Å². The number of methoxy groups -OCH3 is 1. The molecule has 0 bridgehead atoms. The Hall–Kier alpha value is -2.63. The normalized spacial score (nSPS) is 13.9. The van der Waals surface area contributed by atoms with Crippen LogP contribution in [0.25, 0.3) is 0 Å². The average molecular weight is 539 g/mol. The number of nitrogens with one attached hydrogen (secondary N) is 2. The van der Waals surface area contributed by atoms with Gasteiger partial charge in [-0.3, -0.25) is 9.79 Å². The molecule has 9 nitrogen and oxygen atoms in total. The third-order valence-electron chi connectivity index (χ3n) is 4.96. The highest BCUT2D eigenvalue weighted by Crippen LogP contribution is 2.16. The second-order valence-corrected chi connectivity index (χ2v) is 6.83. The molecule has 2 heterocycles. The van der Waals surface area contributed by atoms with Gasteiger partial charge in [0.1, 0.15) is 5.75 Å². The molecule has 0 radical (unpaired) electrons. The number of para-hydroxylation sites is 1. The van der Waals surface area contributed by atoms with Gasteiger partial charge in [-0.25, -0.2) is 9.97 Å². The second-order valence-electron chi connectivity index (χ2n) is 6.83. The SMILES string of the molecule is CN=C(NCCC(=O)N1CCN(c2ncccn2)CC1)NCc1ccccc1OC.I. The van der Waals surface area contributed by atoms with Crippen molar-refractivity contribution in [2.75, 3.05) is 51.8 Å². The number of guanidine groups is 1. The van der Waals surface area contributed by atoms with E-state index in [-0.39, 0.29) is 29.9 Å². The van der Waals surface area contributed by atoms with Gasteiger partial charge in [-0.05, 0) is 12.1 Å². The Kier molecular flexibility index (Phi) is 10.3. The predicted molar refractivity (Wildman–Crippen MR) is 132 cm³/mol. The zero-order valence-corrected chi connectivity index (χ0v) is 20.3. The van der Waals surface area contributed by atoms with Crippen LogP contribution in [0.2, 0.25) is 0 Å². The maximum absolute atomic E-state index is 12.5. The van der Waals surface area contributed by atoms with Crippen molar-refractivity contribution in [1.29, 1.82) is 0 Å². The van der Waals surface area contributed by atoms with E-state index >= 15 is 0 Å². The first kappa shape index (κ1) is 24.6. The van der Waals surface area contributed by atoms with Crippen LogP contribution in [0, 0.1) is 0 Å². The number of nitrogens with zero attached hydrogens (tertiary/aromatic N) is 5. The molecular formula is C21H30IN7O2. The molecule has 31 heavy (non-hydrogen) atoms. The molecule has 1 aliphatic heterocycles. The van der Waals surface area contributed by atoms with Crippen molar-refractivity contribution in [2.24, 2.45) is 4.99 Å². The summed E-state index contributed by atoms with van der Waals surface area (Å²) in [4.78, 5) is 29.3. The Morgan fingerprint density at radius 1 is 1.10 bits per heavy atom. The Labute approximate surface area is 200 Å². The van der Waals surface area contributed by atoms with E-state index in [1.165, 1.54) is 0 Å². The van der Waals surface area contributed by atoms with Crippen LogP contribution in [-0.2, 0) is 11.3 Å². The van der Waals surface area contributed by atoms with E-state index < -0.39 is 0 Å². The molecule has 0 spiro atoms. The van der Waals surface area contributed by atoms with Crippen LogP contribution in [0.3, 0.4) is 0 Å². The van der Waals surface area contributed by atoms with Crippen LogP contribution in [0.4, 0.5) is 5.95 Å². The van der Waals surface area contributed by atoms with Gasteiger partial charge in [-0.15, -0.1) is 24.0 Å². The highest BCUT2D eigenvalue weighted by molar-refractivity contribution is 14.0. The molecule has 1 aromatic carbocycles. The van der Waals surface area contributed by atoms with E-state index in [9.17, 15) is 4.79 Å². The number of halogens is 1. The second kappa shape index (κ2) is 12.9. The number of amides is 1. The summed E-state index contributed by atoms with van der Waals surface area (Å²) in [5.41, 5.74) is 1.04. The summed E-state index contributed by atoms with van der Waals surface area (Å²) in [5.74, 6) is 2.34. The van der Waals surface area contributed by atoms with Crippen molar-refractivity contribution in [3.8, 4) is 5.75 Å². The molecule has 0 aliphatic carbocycles. The van der Waals surface area contributed by atoms with Crippen LogP contribution in [0.1, 0.15) is 12.0 Å². The van der Waals surface area contributed by atoms with Crippen molar-refractivity contribution in [2.45, 2.75) is 13.0 Å². The number of aromatic nitrogens is 2. The molecule has 1 fully saturated rings. The van der Waals surface area contributed by atoms with E-state index in [1.807, 2.05) is 29.2 Å². The smallest absolute Gasteiger partial charge is 0.225 e. The number of piperazine rings is 1. The largest absolute Gasteiger partial charge is 0.496 e. The van der Waals surface area contributed by atoms with Crippen LogP contribution in [0.15, 0.2) is 47.7 Å². The van der Waals surface area contributed by atoms with E-state index in [2.05, 4.69) is 30.5 Å². The Bertz CT molecular complexity index is 843. The van der Waals surface area contributed by atoms with Crippen molar-refractivity contribution < 1.29 is 9.53 Å². The molecule has 3 rings (SSSR count). The molecule has 0 saturated carbocycles. The van der Waals surface area contributed by atoms with Gasteiger partial charge in [0, 0.05) is 70.7 Å². The number of carbonyl (C=O) groups is 1. The highest BCUT2D eigenvalue weighted by Gasteiger charge is 2.22. The summed E-state index contributed by atoms with van der Waals surface area (Å²) in [6.45, 7) is 3.94. The number of anilines is 1. The number of aliphatic imine (C=N–C) groups is 1. The first-order chi connectivity index (χ1) is 14.7. The van der Waals surface area contributed by atoms with Gasteiger partial charge in [0.05, 0.1) is 7.11 Å². The van der Waals surface area contributed by atoms with Crippen molar-refractivity contribution in [3.05, 3.63) is 48.3 Å².